The number of halogens is 1. The standard InChI is InChI=1S/C18H15ClN2O3/c19-13-4-7-15-12(10-13)3-8-17(20-15)21-16(18(23)24)9-11-1-5-14(22)6-2-11/h1-8,10,16,22H,9H2,(H,20,21)(H,23,24)/t16-/m0/s1. The van der Waals surface area contributed by atoms with Crippen LogP contribution in [-0.2, 0) is 11.2 Å². The normalized spacial score (nSPS) is 12.0. The first-order chi connectivity index (χ1) is 11.5. The fraction of sp³-hybridized carbons (Fsp3) is 0.111. The molecule has 1 aromatic heterocycles. The molecule has 24 heavy (non-hydrogen) atoms. The molecule has 0 aliphatic carbocycles. The van der Waals surface area contributed by atoms with Crippen molar-refractivity contribution in [1.82, 2.24) is 4.98 Å². The van der Waals surface area contributed by atoms with Gasteiger partial charge in [0.05, 0.1) is 5.52 Å². The number of nitrogens with one attached hydrogen (secondary N) is 1. The molecule has 0 aliphatic rings. The first-order valence-corrected chi connectivity index (χ1v) is 7.72. The van der Waals surface area contributed by atoms with E-state index < -0.39 is 12.0 Å². The van der Waals surface area contributed by atoms with Crippen molar-refractivity contribution in [3.8, 4) is 5.75 Å². The Morgan fingerprint density at radius 1 is 1.12 bits per heavy atom. The van der Waals surface area contributed by atoms with E-state index in [0.717, 1.165) is 16.5 Å². The van der Waals surface area contributed by atoms with Gasteiger partial charge in [0.2, 0.25) is 0 Å². The average Bonchev–Trinajstić information content (AvgIpc) is 2.56. The Morgan fingerprint density at radius 3 is 2.58 bits per heavy atom. The van der Waals surface area contributed by atoms with Crippen molar-refractivity contribution in [3.63, 3.8) is 0 Å². The number of aromatic nitrogens is 1. The number of aliphatic carboxylic acids is 1. The molecule has 6 heteroatoms. The predicted octanol–water partition coefficient (Wildman–Crippen LogP) is 3.70. The van der Waals surface area contributed by atoms with Gasteiger partial charge in [0, 0.05) is 16.8 Å². The molecule has 1 heterocycles. The van der Waals surface area contributed by atoms with Gasteiger partial charge >= 0.3 is 5.97 Å². The van der Waals surface area contributed by atoms with E-state index in [1.807, 2.05) is 6.07 Å². The number of fused-ring (bicyclic) bond motifs is 1. The minimum atomic E-state index is -0.971. The maximum atomic E-state index is 11.5. The third-order valence-electron chi connectivity index (χ3n) is 3.65. The number of carboxylic acid groups (broad SMARTS) is 1. The van der Waals surface area contributed by atoms with Gasteiger partial charge in [-0.15, -0.1) is 0 Å². The van der Waals surface area contributed by atoms with E-state index in [0.29, 0.717) is 10.8 Å². The number of anilines is 1. The van der Waals surface area contributed by atoms with Crippen molar-refractivity contribution in [2.75, 3.05) is 5.32 Å². The van der Waals surface area contributed by atoms with Crippen molar-refractivity contribution in [1.29, 1.82) is 0 Å². The lowest BCUT2D eigenvalue weighted by Gasteiger charge is -2.15. The highest BCUT2D eigenvalue weighted by Gasteiger charge is 2.18. The van der Waals surface area contributed by atoms with Crippen LogP contribution in [-0.4, -0.2) is 27.2 Å². The van der Waals surface area contributed by atoms with E-state index in [1.54, 1.807) is 36.4 Å². The summed E-state index contributed by atoms with van der Waals surface area (Å²) in [5.74, 6) is -0.342. The minimum Gasteiger partial charge on any atom is -0.508 e. The summed E-state index contributed by atoms with van der Waals surface area (Å²) in [6.07, 6.45) is 0.274. The van der Waals surface area contributed by atoms with Crippen LogP contribution in [0.3, 0.4) is 0 Å². The third kappa shape index (κ3) is 3.75. The van der Waals surface area contributed by atoms with Crippen LogP contribution < -0.4 is 5.32 Å². The number of carbonyl (C=O) groups is 1. The first-order valence-electron chi connectivity index (χ1n) is 7.35. The van der Waals surface area contributed by atoms with Crippen LogP contribution in [0.1, 0.15) is 5.56 Å². The first kappa shape index (κ1) is 16.1. The number of rotatable bonds is 5. The van der Waals surface area contributed by atoms with E-state index in [9.17, 15) is 15.0 Å². The molecule has 0 saturated heterocycles. The second-order valence-electron chi connectivity index (χ2n) is 5.44. The van der Waals surface area contributed by atoms with Crippen LogP contribution in [0.5, 0.6) is 5.75 Å². The largest absolute Gasteiger partial charge is 0.508 e. The number of phenols is 1. The molecule has 3 N–H and O–H groups in total. The molecule has 0 radical (unpaired) electrons. The molecular weight excluding hydrogens is 328 g/mol. The maximum absolute atomic E-state index is 11.5. The van der Waals surface area contributed by atoms with E-state index >= 15 is 0 Å². The summed E-state index contributed by atoms with van der Waals surface area (Å²) in [5, 5.41) is 23.2. The molecule has 122 valence electrons. The predicted molar refractivity (Wildman–Crippen MR) is 93.6 cm³/mol. The van der Waals surface area contributed by atoms with Crippen molar-refractivity contribution in [3.05, 3.63) is 65.2 Å². The van der Waals surface area contributed by atoms with E-state index in [2.05, 4.69) is 10.3 Å². The van der Waals surface area contributed by atoms with Crippen molar-refractivity contribution < 1.29 is 15.0 Å². The Hall–Kier alpha value is -2.79. The van der Waals surface area contributed by atoms with Gasteiger partial charge in [-0.05, 0) is 48.0 Å². The molecule has 3 aromatic rings. The molecule has 0 amide bonds. The van der Waals surface area contributed by atoms with E-state index in [4.69, 9.17) is 11.6 Å². The molecular formula is C18H15ClN2O3. The topological polar surface area (TPSA) is 82.5 Å². The van der Waals surface area contributed by atoms with Gasteiger partial charge in [-0.25, -0.2) is 9.78 Å². The molecule has 3 rings (SSSR count). The fourth-order valence-electron chi connectivity index (χ4n) is 2.42. The molecule has 0 saturated carbocycles. The van der Waals surface area contributed by atoms with Gasteiger partial charge in [-0.3, -0.25) is 0 Å². The van der Waals surface area contributed by atoms with Gasteiger partial charge < -0.3 is 15.5 Å². The Morgan fingerprint density at radius 2 is 1.88 bits per heavy atom. The van der Waals surface area contributed by atoms with Gasteiger partial charge in [0.15, 0.2) is 0 Å². The number of phenolic OH excluding ortho intramolecular Hbond substituents is 1. The number of aromatic hydroxyl groups is 1. The number of nitrogens with zero attached hydrogens (tertiary/aromatic N) is 1. The average molecular weight is 343 g/mol. The van der Waals surface area contributed by atoms with Crippen LogP contribution in [0, 0.1) is 0 Å². The van der Waals surface area contributed by atoms with Crippen LogP contribution >= 0.6 is 11.6 Å². The fourth-order valence-corrected chi connectivity index (χ4v) is 2.60. The zero-order valence-electron chi connectivity index (χ0n) is 12.6. The quantitative estimate of drug-likeness (QED) is 0.658. The zero-order chi connectivity index (χ0) is 17.1. The Kier molecular flexibility index (Phi) is 4.53. The highest BCUT2D eigenvalue weighted by molar-refractivity contribution is 6.31. The molecule has 0 aliphatic heterocycles. The number of pyridine rings is 1. The summed E-state index contributed by atoms with van der Waals surface area (Å²) in [7, 11) is 0. The summed E-state index contributed by atoms with van der Waals surface area (Å²) in [4.78, 5) is 15.9. The lowest BCUT2D eigenvalue weighted by Crippen LogP contribution is -2.31. The van der Waals surface area contributed by atoms with Gasteiger partial charge in [0.25, 0.3) is 0 Å². The molecule has 0 fully saturated rings. The smallest absolute Gasteiger partial charge is 0.326 e. The summed E-state index contributed by atoms with van der Waals surface area (Å²) in [5.41, 5.74) is 1.54. The van der Waals surface area contributed by atoms with E-state index in [-0.39, 0.29) is 12.2 Å². The number of hydrogen-bond donors (Lipinski definition) is 3. The number of carboxylic acids is 1. The SMILES string of the molecule is O=C(O)[C@H](Cc1ccc(O)cc1)Nc1ccc2cc(Cl)ccc2n1. The molecule has 2 aromatic carbocycles. The second-order valence-corrected chi connectivity index (χ2v) is 5.88. The summed E-state index contributed by atoms with van der Waals surface area (Å²) < 4.78 is 0. The lowest BCUT2D eigenvalue weighted by atomic mass is 10.1. The van der Waals surface area contributed by atoms with Crippen molar-refractivity contribution >= 4 is 34.3 Å². The zero-order valence-corrected chi connectivity index (χ0v) is 13.4. The Labute approximate surface area is 143 Å². The summed E-state index contributed by atoms with van der Waals surface area (Å²) >= 11 is 5.95. The summed E-state index contributed by atoms with van der Waals surface area (Å²) in [6, 6.07) is 14.5. The number of hydrogen-bond acceptors (Lipinski definition) is 4. The highest BCUT2D eigenvalue weighted by atomic mass is 35.5. The van der Waals surface area contributed by atoms with Crippen molar-refractivity contribution in [2.24, 2.45) is 0 Å². The number of benzene rings is 2. The molecule has 0 spiro atoms. The van der Waals surface area contributed by atoms with Crippen molar-refractivity contribution in [2.45, 2.75) is 12.5 Å². The van der Waals surface area contributed by atoms with Crippen LogP contribution in [0.25, 0.3) is 10.9 Å². The van der Waals surface area contributed by atoms with Crippen LogP contribution in [0.15, 0.2) is 54.6 Å². The van der Waals surface area contributed by atoms with E-state index in [1.165, 1.54) is 12.1 Å². The molecule has 0 bridgehead atoms. The van der Waals surface area contributed by atoms with Crippen LogP contribution in [0.2, 0.25) is 5.02 Å². The minimum absolute atomic E-state index is 0.147. The second kappa shape index (κ2) is 6.76. The third-order valence-corrected chi connectivity index (χ3v) is 3.88. The maximum Gasteiger partial charge on any atom is 0.326 e. The summed E-state index contributed by atoms with van der Waals surface area (Å²) in [6.45, 7) is 0. The lowest BCUT2D eigenvalue weighted by molar-refractivity contribution is -0.137. The highest BCUT2D eigenvalue weighted by Crippen LogP contribution is 2.20. The van der Waals surface area contributed by atoms with Gasteiger partial charge in [-0.1, -0.05) is 23.7 Å². The monoisotopic (exact) mass is 342 g/mol. The molecule has 5 nitrogen and oxygen atoms in total. The van der Waals surface area contributed by atoms with Gasteiger partial charge in [-0.2, -0.15) is 0 Å². The Balaban J connectivity index is 1.81. The van der Waals surface area contributed by atoms with Crippen LogP contribution in [0.4, 0.5) is 5.82 Å². The Bertz CT molecular complexity index is 881. The molecule has 1 atom stereocenters. The van der Waals surface area contributed by atoms with Gasteiger partial charge in [0.1, 0.15) is 17.6 Å². The molecule has 0 unspecified atom stereocenters.